The van der Waals surface area contributed by atoms with E-state index in [0.29, 0.717) is 29.3 Å². The molecule has 4 unspecified atom stereocenters. The zero-order valence-corrected chi connectivity index (χ0v) is 16.0. The Morgan fingerprint density at radius 2 is 2.14 bits per heavy atom. The largest absolute Gasteiger partial charge is 0.458 e. The number of hydrogen-bond donors (Lipinski definition) is 1. The summed E-state index contributed by atoms with van der Waals surface area (Å²) in [6.45, 7) is 2.31. The number of esters is 1. The summed E-state index contributed by atoms with van der Waals surface area (Å²) < 4.78 is 21.2. The van der Waals surface area contributed by atoms with Crippen LogP contribution in [0.15, 0.2) is 38.9 Å². The summed E-state index contributed by atoms with van der Waals surface area (Å²) in [6, 6.07) is 1.49. The number of aliphatic hydroxyl groups is 1. The molecule has 2 aliphatic carbocycles. The van der Waals surface area contributed by atoms with Crippen LogP contribution in [0.2, 0.25) is 0 Å². The van der Waals surface area contributed by atoms with E-state index in [1.54, 1.807) is 16.7 Å². The molecule has 0 amide bonds. The molecule has 0 spiro atoms. The van der Waals surface area contributed by atoms with Gasteiger partial charge in [-0.25, -0.2) is 9.18 Å². The molecule has 0 bridgehead atoms. The molecule has 1 saturated carbocycles. The first-order chi connectivity index (χ1) is 14.0. The highest BCUT2D eigenvalue weighted by atomic mass is 19.1. The van der Waals surface area contributed by atoms with E-state index < -0.39 is 12.1 Å². The predicted molar refractivity (Wildman–Crippen MR) is 102 cm³/mol. The van der Waals surface area contributed by atoms with E-state index in [0.717, 1.165) is 36.1 Å². The van der Waals surface area contributed by atoms with Gasteiger partial charge in [0, 0.05) is 35.3 Å². The van der Waals surface area contributed by atoms with Gasteiger partial charge in [0.05, 0.1) is 11.6 Å². The molecule has 29 heavy (non-hydrogen) atoms. The lowest BCUT2D eigenvalue weighted by molar-refractivity contribution is -0.157. The van der Waals surface area contributed by atoms with Crippen molar-refractivity contribution in [3.8, 4) is 0 Å². The average Bonchev–Trinajstić information content (AvgIpc) is 3.08. The summed E-state index contributed by atoms with van der Waals surface area (Å²) >= 11 is 0. The van der Waals surface area contributed by atoms with Gasteiger partial charge in [-0.3, -0.25) is 9.79 Å². The minimum atomic E-state index is -1.45. The topological polar surface area (TPSA) is 80.9 Å². The molecule has 150 valence electrons. The molecular formula is C22H21FN2O4. The lowest BCUT2D eigenvalue weighted by atomic mass is 9.62. The van der Waals surface area contributed by atoms with Gasteiger partial charge in [-0.15, -0.1) is 0 Å². The number of pyridine rings is 1. The standard InChI is InChI=1S/C22H21FN2O4/c1-9-10-3-2-4-11-13-7-25-17(19(13)24-16(18(10)11)6-15(9)23)5-12-14(21(25)27)8-29-22(28)20(12)26/h5-6,11,13,18-20,26H,2-4,7-8H2,1H3/t11?,13?,18?,19?,20-/m0/s1. The first-order valence-corrected chi connectivity index (χ1v) is 10.2. The number of ether oxygens (including phenoxy) is 1. The maximum absolute atomic E-state index is 14.5. The number of cyclic esters (lactones) is 1. The van der Waals surface area contributed by atoms with Gasteiger partial charge in [0.2, 0.25) is 0 Å². The highest BCUT2D eigenvalue weighted by Gasteiger charge is 2.50. The van der Waals surface area contributed by atoms with Gasteiger partial charge < -0.3 is 14.4 Å². The number of carbonyl (C=O) groups excluding carboxylic acids is 1. The second-order valence-corrected chi connectivity index (χ2v) is 8.77. The van der Waals surface area contributed by atoms with Crippen LogP contribution in [-0.2, 0) is 22.7 Å². The zero-order chi connectivity index (χ0) is 20.0. The van der Waals surface area contributed by atoms with Crippen LogP contribution in [0.1, 0.15) is 55.2 Å². The van der Waals surface area contributed by atoms with Crippen LogP contribution in [0, 0.1) is 17.8 Å². The molecule has 5 aliphatic rings. The number of nitrogens with zero attached hydrogens (tertiary/aromatic N) is 2. The average molecular weight is 396 g/mol. The molecule has 6 nitrogen and oxygen atoms in total. The Labute approximate surface area is 166 Å². The van der Waals surface area contributed by atoms with Crippen LogP contribution in [0.5, 0.6) is 0 Å². The Hall–Kier alpha value is -2.54. The van der Waals surface area contributed by atoms with Gasteiger partial charge in [-0.1, -0.05) is 5.57 Å². The number of allylic oxidation sites excluding steroid dienone is 4. The quantitative estimate of drug-likeness (QED) is 0.684. The number of rotatable bonds is 0. The van der Waals surface area contributed by atoms with Crippen molar-refractivity contribution in [1.82, 2.24) is 4.57 Å². The molecule has 3 aliphatic heterocycles. The van der Waals surface area contributed by atoms with Crippen LogP contribution in [0.25, 0.3) is 0 Å². The van der Waals surface area contributed by atoms with Gasteiger partial charge in [0.25, 0.3) is 5.56 Å². The number of hydrogen-bond acceptors (Lipinski definition) is 5. The van der Waals surface area contributed by atoms with E-state index in [1.807, 2.05) is 6.92 Å². The third-order valence-electron chi connectivity index (χ3n) is 7.50. The van der Waals surface area contributed by atoms with Crippen molar-refractivity contribution >= 4 is 11.7 Å². The molecule has 6 rings (SSSR count). The Kier molecular flexibility index (Phi) is 3.44. The monoisotopic (exact) mass is 396 g/mol. The summed E-state index contributed by atoms with van der Waals surface area (Å²) in [5.41, 5.74) is 3.85. The fraction of sp³-hybridized carbons (Fsp3) is 0.500. The molecule has 0 radical (unpaired) electrons. The SMILES string of the molecule is CC1=C2CCCC3C2C(=NC2c4cc5c(c(=O)n4CC23)COC(=O)[C@H]5O)C=C1F. The van der Waals surface area contributed by atoms with Gasteiger partial charge in [0.1, 0.15) is 12.4 Å². The fourth-order valence-corrected chi connectivity index (χ4v) is 6.11. The number of fused-ring (bicyclic) bond motifs is 5. The van der Waals surface area contributed by atoms with Gasteiger partial charge in [-0.05, 0) is 49.8 Å². The molecule has 0 saturated heterocycles. The smallest absolute Gasteiger partial charge is 0.340 e. The van der Waals surface area contributed by atoms with E-state index in [1.165, 1.54) is 0 Å². The van der Waals surface area contributed by atoms with Crippen LogP contribution in [0.4, 0.5) is 4.39 Å². The minimum Gasteiger partial charge on any atom is -0.458 e. The molecule has 1 fully saturated rings. The summed E-state index contributed by atoms with van der Waals surface area (Å²) in [4.78, 5) is 29.8. The van der Waals surface area contributed by atoms with Crippen LogP contribution >= 0.6 is 0 Å². The molecular weight excluding hydrogens is 375 g/mol. The first-order valence-electron chi connectivity index (χ1n) is 10.2. The van der Waals surface area contributed by atoms with Crippen molar-refractivity contribution in [1.29, 1.82) is 0 Å². The van der Waals surface area contributed by atoms with E-state index in [-0.39, 0.29) is 35.9 Å². The van der Waals surface area contributed by atoms with E-state index >= 15 is 0 Å². The lowest BCUT2D eigenvalue weighted by Crippen LogP contribution is -2.40. The van der Waals surface area contributed by atoms with Crippen LogP contribution in [-0.4, -0.2) is 21.4 Å². The number of aromatic nitrogens is 1. The maximum Gasteiger partial charge on any atom is 0.340 e. The van der Waals surface area contributed by atoms with Crippen molar-refractivity contribution in [3.05, 3.63) is 56.3 Å². The number of aliphatic imine (C=N–C) groups is 1. The maximum atomic E-state index is 14.5. The zero-order valence-electron chi connectivity index (χ0n) is 16.0. The predicted octanol–water partition coefficient (Wildman–Crippen LogP) is 2.66. The first kappa shape index (κ1) is 17.3. The number of aliphatic hydroxyl groups excluding tert-OH is 1. The third kappa shape index (κ3) is 2.16. The minimum absolute atomic E-state index is 0.111. The van der Waals surface area contributed by atoms with Gasteiger partial charge >= 0.3 is 5.97 Å². The summed E-state index contributed by atoms with van der Waals surface area (Å²) in [5, 5.41) is 10.3. The Balaban J connectivity index is 1.53. The normalized spacial score (nSPS) is 34.4. The van der Waals surface area contributed by atoms with E-state index in [9.17, 15) is 19.1 Å². The summed E-state index contributed by atoms with van der Waals surface area (Å²) in [7, 11) is 0. The highest BCUT2D eigenvalue weighted by molar-refractivity contribution is 6.02. The van der Waals surface area contributed by atoms with E-state index in [4.69, 9.17) is 9.73 Å². The van der Waals surface area contributed by atoms with Crippen molar-refractivity contribution < 1.29 is 19.0 Å². The van der Waals surface area contributed by atoms with Crippen molar-refractivity contribution in [2.45, 2.75) is 51.5 Å². The van der Waals surface area contributed by atoms with Crippen LogP contribution < -0.4 is 5.56 Å². The summed E-state index contributed by atoms with van der Waals surface area (Å²) in [5.74, 6) is -0.338. The van der Waals surface area contributed by atoms with Crippen molar-refractivity contribution in [2.75, 3.05) is 0 Å². The van der Waals surface area contributed by atoms with Crippen molar-refractivity contribution in [2.24, 2.45) is 22.7 Å². The van der Waals surface area contributed by atoms with Gasteiger partial charge in [0.15, 0.2) is 6.10 Å². The molecule has 1 N–H and O–H groups in total. The molecule has 5 atom stereocenters. The van der Waals surface area contributed by atoms with Crippen molar-refractivity contribution in [3.63, 3.8) is 0 Å². The van der Waals surface area contributed by atoms with E-state index in [2.05, 4.69) is 0 Å². The Morgan fingerprint density at radius 3 is 2.97 bits per heavy atom. The Morgan fingerprint density at radius 1 is 1.31 bits per heavy atom. The lowest BCUT2D eigenvalue weighted by Gasteiger charge is -2.44. The number of carbonyl (C=O) groups is 1. The Bertz CT molecular complexity index is 1130. The second-order valence-electron chi connectivity index (χ2n) is 8.77. The second kappa shape index (κ2) is 5.75. The highest BCUT2D eigenvalue weighted by Crippen LogP contribution is 2.54. The summed E-state index contributed by atoms with van der Waals surface area (Å²) in [6.07, 6.45) is 3.06. The molecule has 7 heteroatoms. The molecule has 4 heterocycles. The van der Waals surface area contributed by atoms with Gasteiger partial charge in [-0.2, -0.15) is 0 Å². The van der Waals surface area contributed by atoms with Crippen LogP contribution in [0.3, 0.4) is 0 Å². The third-order valence-corrected chi connectivity index (χ3v) is 7.50. The molecule has 0 aromatic carbocycles. The molecule has 1 aromatic rings. The molecule has 1 aromatic heterocycles. The fourth-order valence-electron chi connectivity index (χ4n) is 6.11. The number of halogens is 1.